The molecular weight excluding hydrogens is 228 g/mol. The standard InChI is InChI=1S/C14H16N2O2/c1-10(12-4-5-12)16-14(17)9-18-13-6-2-11(8-15)3-7-13/h2-3,6-7,10,12H,4-5,9H2,1H3,(H,16,17)/t10-/m1/s1. The van der Waals surface area contributed by atoms with Crippen molar-refractivity contribution < 1.29 is 9.53 Å². The van der Waals surface area contributed by atoms with E-state index in [9.17, 15) is 4.79 Å². The molecule has 1 amide bonds. The first kappa shape index (κ1) is 12.4. The second kappa shape index (κ2) is 5.54. The maximum absolute atomic E-state index is 11.6. The third kappa shape index (κ3) is 3.49. The van der Waals surface area contributed by atoms with E-state index in [1.165, 1.54) is 12.8 Å². The fraction of sp³-hybridized carbons (Fsp3) is 0.429. The lowest BCUT2D eigenvalue weighted by atomic mass is 10.2. The van der Waals surface area contributed by atoms with Gasteiger partial charge in [-0.15, -0.1) is 0 Å². The van der Waals surface area contributed by atoms with Crippen LogP contribution >= 0.6 is 0 Å². The van der Waals surface area contributed by atoms with Gasteiger partial charge in [-0.3, -0.25) is 4.79 Å². The Morgan fingerprint density at radius 1 is 1.50 bits per heavy atom. The Balaban J connectivity index is 1.76. The summed E-state index contributed by atoms with van der Waals surface area (Å²) in [6.45, 7) is 2.04. The van der Waals surface area contributed by atoms with Crippen molar-refractivity contribution in [2.45, 2.75) is 25.8 Å². The zero-order valence-corrected chi connectivity index (χ0v) is 10.3. The number of rotatable bonds is 5. The summed E-state index contributed by atoms with van der Waals surface area (Å²) in [5.74, 6) is 1.14. The number of nitrogens with one attached hydrogen (secondary N) is 1. The van der Waals surface area contributed by atoms with E-state index in [-0.39, 0.29) is 18.6 Å². The molecule has 1 aromatic carbocycles. The number of carbonyl (C=O) groups excluding carboxylic acids is 1. The molecule has 1 aromatic rings. The molecule has 18 heavy (non-hydrogen) atoms. The molecule has 0 saturated heterocycles. The van der Waals surface area contributed by atoms with Crippen LogP contribution in [-0.4, -0.2) is 18.6 Å². The van der Waals surface area contributed by atoms with E-state index in [2.05, 4.69) is 5.32 Å². The molecule has 1 N–H and O–H groups in total. The molecule has 1 aliphatic carbocycles. The van der Waals surface area contributed by atoms with Gasteiger partial charge in [0, 0.05) is 6.04 Å². The fourth-order valence-electron chi connectivity index (χ4n) is 1.78. The molecule has 0 radical (unpaired) electrons. The highest BCUT2D eigenvalue weighted by Crippen LogP contribution is 2.32. The van der Waals surface area contributed by atoms with E-state index in [0.717, 1.165) is 0 Å². The van der Waals surface area contributed by atoms with Gasteiger partial charge < -0.3 is 10.1 Å². The first-order chi connectivity index (χ1) is 8.69. The second-order valence-electron chi connectivity index (χ2n) is 4.62. The molecule has 4 heteroatoms. The van der Waals surface area contributed by atoms with Crippen LogP contribution in [0, 0.1) is 17.2 Å². The van der Waals surface area contributed by atoms with E-state index in [0.29, 0.717) is 17.2 Å². The van der Waals surface area contributed by atoms with Crippen LogP contribution in [0.3, 0.4) is 0 Å². The van der Waals surface area contributed by atoms with Gasteiger partial charge in [0.2, 0.25) is 0 Å². The number of carbonyl (C=O) groups is 1. The maximum Gasteiger partial charge on any atom is 0.258 e. The predicted molar refractivity (Wildman–Crippen MR) is 67.0 cm³/mol. The lowest BCUT2D eigenvalue weighted by molar-refractivity contribution is -0.123. The molecule has 0 bridgehead atoms. The minimum atomic E-state index is -0.0984. The Kier molecular flexibility index (Phi) is 3.83. The zero-order valence-electron chi connectivity index (χ0n) is 10.3. The molecule has 0 aromatic heterocycles. The third-order valence-electron chi connectivity index (χ3n) is 3.07. The predicted octanol–water partition coefficient (Wildman–Crippen LogP) is 1.85. The lowest BCUT2D eigenvalue weighted by Crippen LogP contribution is -2.37. The van der Waals surface area contributed by atoms with Crippen molar-refractivity contribution in [3.05, 3.63) is 29.8 Å². The number of nitrogens with zero attached hydrogens (tertiary/aromatic N) is 1. The van der Waals surface area contributed by atoms with Crippen LogP contribution in [-0.2, 0) is 4.79 Å². The molecule has 0 unspecified atom stereocenters. The molecule has 1 atom stereocenters. The second-order valence-corrected chi connectivity index (χ2v) is 4.62. The van der Waals surface area contributed by atoms with Gasteiger partial charge in [0.25, 0.3) is 5.91 Å². The topological polar surface area (TPSA) is 62.1 Å². The van der Waals surface area contributed by atoms with Crippen LogP contribution in [0.5, 0.6) is 5.75 Å². The van der Waals surface area contributed by atoms with Gasteiger partial charge in [0.15, 0.2) is 6.61 Å². The highest BCUT2D eigenvalue weighted by atomic mass is 16.5. The van der Waals surface area contributed by atoms with Crippen molar-refractivity contribution in [3.8, 4) is 11.8 Å². The molecular formula is C14H16N2O2. The minimum absolute atomic E-state index is 0.0168. The van der Waals surface area contributed by atoms with Gasteiger partial charge in [-0.2, -0.15) is 5.26 Å². The van der Waals surface area contributed by atoms with Crippen LogP contribution in [0.15, 0.2) is 24.3 Å². The normalized spacial score (nSPS) is 15.6. The van der Waals surface area contributed by atoms with Crippen LogP contribution in [0.25, 0.3) is 0 Å². The van der Waals surface area contributed by atoms with E-state index >= 15 is 0 Å². The van der Waals surface area contributed by atoms with E-state index in [1.54, 1.807) is 24.3 Å². The van der Waals surface area contributed by atoms with Gasteiger partial charge in [-0.1, -0.05) is 0 Å². The van der Waals surface area contributed by atoms with Crippen LogP contribution in [0.2, 0.25) is 0 Å². The van der Waals surface area contributed by atoms with Crippen molar-refractivity contribution in [3.63, 3.8) is 0 Å². The van der Waals surface area contributed by atoms with Gasteiger partial charge in [-0.25, -0.2) is 0 Å². The summed E-state index contributed by atoms with van der Waals surface area (Å²) in [4.78, 5) is 11.6. The molecule has 1 fully saturated rings. The van der Waals surface area contributed by atoms with Gasteiger partial charge in [-0.05, 0) is 49.9 Å². The molecule has 2 rings (SSSR count). The minimum Gasteiger partial charge on any atom is -0.484 e. The Morgan fingerprint density at radius 3 is 2.72 bits per heavy atom. The zero-order chi connectivity index (χ0) is 13.0. The molecule has 4 nitrogen and oxygen atoms in total. The van der Waals surface area contributed by atoms with Crippen molar-refractivity contribution in [2.24, 2.45) is 5.92 Å². The van der Waals surface area contributed by atoms with Gasteiger partial charge in [0.05, 0.1) is 11.6 Å². The first-order valence-electron chi connectivity index (χ1n) is 6.11. The number of benzene rings is 1. The largest absolute Gasteiger partial charge is 0.484 e. The maximum atomic E-state index is 11.6. The van der Waals surface area contributed by atoms with Gasteiger partial charge >= 0.3 is 0 Å². The monoisotopic (exact) mass is 244 g/mol. The smallest absolute Gasteiger partial charge is 0.258 e. The van der Waals surface area contributed by atoms with Crippen LogP contribution in [0.1, 0.15) is 25.3 Å². The molecule has 0 spiro atoms. The Labute approximate surface area is 107 Å². The summed E-state index contributed by atoms with van der Waals surface area (Å²) in [7, 11) is 0. The number of hydrogen-bond acceptors (Lipinski definition) is 3. The Hall–Kier alpha value is -2.02. The SMILES string of the molecule is C[C@@H](NC(=O)COc1ccc(C#N)cc1)C1CC1. The summed E-state index contributed by atoms with van der Waals surface area (Å²) < 4.78 is 5.35. The Bertz CT molecular complexity index is 458. The molecule has 0 aliphatic heterocycles. The summed E-state index contributed by atoms with van der Waals surface area (Å²) in [6, 6.07) is 8.98. The quantitative estimate of drug-likeness (QED) is 0.859. The number of nitriles is 1. The number of ether oxygens (including phenoxy) is 1. The van der Waals surface area contributed by atoms with Crippen LogP contribution < -0.4 is 10.1 Å². The third-order valence-corrected chi connectivity index (χ3v) is 3.07. The summed E-state index contributed by atoms with van der Waals surface area (Å²) in [6.07, 6.45) is 2.41. The van der Waals surface area contributed by atoms with E-state index < -0.39 is 0 Å². The highest BCUT2D eigenvalue weighted by molar-refractivity contribution is 5.77. The van der Waals surface area contributed by atoms with Crippen molar-refractivity contribution >= 4 is 5.91 Å². The Morgan fingerprint density at radius 2 is 2.17 bits per heavy atom. The average molecular weight is 244 g/mol. The number of hydrogen-bond donors (Lipinski definition) is 1. The highest BCUT2D eigenvalue weighted by Gasteiger charge is 2.28. The van der Waals surface area contributed by atoms with Gasteiger partial charge in [0.1, 0.15) is 5.75 Å². The van der Waals surface area contributed by atoms with Crippen molar-refractivity contribution in [1.82, 2.24) is 5.32 Å². The van der Waals surface area contributed by atoms with Crippen molar-refractivity contribution in [2.75, 3.05) is 6.61 Å². The van der Waals surface area contributed by atoms with E-state index in [4.69, 9.17) is 10.00 Å². The number of amides is 1. The molecule has 0 heterocycles. The summed E-state index contributed by atoms with van der Waals surface area (Å²) in [5.41, 5.74) is 0.578. The average Bonchev–Trinajstić information content (AvgIpc) is 3.21. The first-order valence-corrected chi connectivity index (χ1v) is 6.11. The summed E-state index contributed by atoms with van der Waals surface area (Å²) in [5, 5.41) is 11.6. The van der Waals surface area contributed by atoms with Crippen molar-refractivity contribution in [1.29, 1.82) is 5.26 Å². The molecule has 1 aliphatic rings. The fourth-order valence-corrected chi connectivity index (χ4v) is 1.78. The molecule has 94 valence electrons. The van der Waals surface area contributed by atoms with E-state index in [1.807, 2.05) is 13.0 Å². The lowest BCUT2D eigenvalue weighted by Gasteiger charge is -2.13. The van der Waals surface area contributed by atoms with Crippen LogP contribution in [0.4, 0.5) is 0 Å². The summed E-state index contributed by atoms with van der Waals surface area (Å²) >= 11 is 0. The molecule has 1 saturated carbocycles.